The fourth-order valence-electron chi connectivity index (χ4n) is 2.60. The highest BCUT2D eigenvalue weighted by atomic mass is 32.2. The van der Waals surface area contributed by atoms with Crippen LogP contribution < -0.4 is 5.32 Å². The first-order valence-corrected chi connectivity index (χ1v) is 10.0. The molecule has 1 aliphatic heterocycles. The van der Waals surface area contributed by atoms with Crippen LogP contribution in [0.2, 0.25) is 0 Å². The van der Waals surface area contributed by atoms with Gasteiger partial charge in [-0.2, -0.15) is 4.31 Å². The lowest BCUT2D eigenvalue weighted by atomic mass is 10.3. The molecule has 1 saturated heterocycles. The Bertz CT molecular complexity index is 776. The van der Waals surface area contributed by atoms with Crippen molar-refractivity contribution in [3.63, 3.8) is 0 Å². The molecule has 0 atom stereocenters. The Labute approximate surface area is 145 Å². The molecule has 1 aromatic carbocycles. The second kappa shape index (κ2) is 7.33. The Kier molecular flexibility index (Phi) is 5.17. The van der Waals surface area contributed by atoms with E-state index < -0.39 is 10.0 Å². The number of hydrogen-bond donors (Lipinski definition) is 1. The number of nitrogens with one attached hydrogen (secondary N) is 1. The van der Waals surface area contributed by atoms with Crippen LogP contribution in [0.3, 0.4) is 0 Å². The Morgan fingerprint density at radius 1 is 1.00 bits per heavy atom. The smallest absolute Gasteiger partial charge is 0.321 e. The van der Waals surface area contributed by atoms with Gasteiger partial charge in [0.2, 0.25) is 0 Å². The van der Waals surface area contributed by atoms with Crippen LogP contribution in [0.1, 0.15) is 6.42 Å². The number of nitrogens with zero attached hydrogens (tertiary/aromatic N) is 2. The van der Waals surface area contributed by atoms with Gasteiger partial charge in [-0.1, -0.05) is 24.3 Å². The summed E-state index contributed by atoms with van der Waals surface area (Å²) in [4.78, 5) is 14.0. The van der Waals surface area contributed by atoms with Crippen molar-refractivity contribution in [2.45, 2.75) is 10.6 Å². The van der Waals surface area contributed by atoms with Crippen LogP contribution in [0, 0.1) is 0 Å². The van der Waals surface area contributed by atoms with Crippen molar-refractivity contribution >= 4 is 33.1 Å². The summed E-state index contributed by atoms with van der Waals surface area (Å²) in [6.45, 7) is 1.65. The summed E-state index contributed by atoms with van der Waals surface area (Å²) in [6.07, 6.45) is 0.618. The number of amides is 2. The summed E-state index contributed by atoms with van der Waals surface area (Å²) in [5, 5.41) is 4.60. The van der Waals surface area contributed by atoms with Gasteiger partial charge in [0.1, 0.15) is 4.21 Å². The summed E-state index contributed by atoms with van der Waals surface area (Å²) in [7, 11) is -3.46. The topological polar surface area (TPSA) is 69.7 Å². The number of benzene rings is 1. The normalized spacial score (nSPS) is 16.6. The van der Waals surface area contributed by atoms with Crippen molar-refractivity contribution in [1.29, 1.82) is 0 Å². The first kappa shape index (κ1) is 16.9. The van der Waals surface area contributed by atoms with E-state index in [0.717, 1.165) is 5.69 Å². The lowest BCUT2D eigenvalue weighted by Gasteiger charge is -2.22. The SMILES string of the molecule is O=C(Nc1ccccc1)N1CCCN(S(=O)(=O)c2cccs2)CC1. The van der Waals surface area contributed by atoms with Crippen molar-refractivity contribution in [3.8, 4) is 0 Å². The monoisotopic (exact) mass is 365 g/mol. The molecule has 0 saturated carbocycles. The number of rotatable bonds is 3. The van der Waals surface area contributed by atoms with E-state index in [1.807, 2.05) is 30.3 Å². The van der Waals surface area contributed by atoms with E-state index in [9.17, 15) is 13.2 Å². The Hall–Kier alpha value is -1.90. The van der Waals surface area contributed by atoms with Gasteiger partial charge in [0.25, 0.3) is 10.0 Å². The Morgan fingerprint density at radius 3 is 2.50 bits per heavy atom. The van der Waals surface area contributed by atoms with Gasteiger partial charge in [-0.3, -0.25) is 0 Å². The van der Waals surface area contributed by atoms with Gasteiger partial charge in [0.15, 0.2) is 0 Å². The first-order valence-electron chi connectivity index (χ1n) is 7.72. The standard InChI is InChI=1S/C16H19N3O3S2/c20-16(17-14-6-2-1-3-7-14)18-9-5-10-19(12-11-18)24(21,22)15-8-4-13-23-15/h1-4,6-8,13H,5,9-12H2,(H,17,20). The zero-order valence-electron chi connectivity index (χ0n) is 13.1. The van der Waals surface area contributed by atoms with Crippen LogP contribution in [-0.4, -0.2) is 49.8 Å². The van der Waals surface area contributed by atoms with Crippen molar-refractivity contribution < 1.29 is 13.2 Å². The van der Waals surface area contributed by atoms with Crippen molar-refractivity contribution in [2.24, 2.45) is 0 Å². The van der Waals surface area contributed by atoms with Crippen LogP contribution >= 0.6 is 11.3 Å². The molecule has 2 amide bonds. The number of carbonyl (C=O) groups excluding carboxylic acids is 1. The predicted octanol–water partition coefficient (Wildman–Crippen LogP) is 2.68. The van der Waals surface area contributed by atoms with Gasteiger partial charge in [0.05, 0.1) is 0 Å². The predicted molar refractivity (Wildman–Crippen MR) is 94.7 cm³/mol. The van der Waals surface area contributed by atoms with Crippen LogP contribution in [0.4, 0.5) is 10.5 Å². The van der Waals surface area contributed by atoms with Gasteiger partial charge in [-0.25, -0.2) is 13.2 Å². The van der Waals surface area contributed by atoms with Crippen LogP contribution in [0.25, 0.3) is 0 Å². The minimum absolute atomic E-state index is 0.198. The number of hydrogen-bond acceptors (Lipinski definition) is 4. The second-order valence-electron chi connectivity index (χ2n) is 5.47. The molecule has 0 spiro atoms. The molecule has 0 radical (unpaired) electrons. The highest BCUT2D eigenvalue weighted by Gasteiger charge is 2.28. The zero-order chi connectivity index (χ0) is 17.0. The maximum Gasteiger partial charge on any atom is 0.321 e. The third-order valence-corrected chi connectivity index (χ3v) is 7.13. The quantitative estimate of drug-likeness (QED) is 0.909. The highest BCUT2D eigenvalue weighted by molar-refractivity contribution is 7.91. The van der Waals surface area contributed by atoms with Crippen molar-refractivity contribution in [3.05, 3.63) is 47.8 Å². The molecule has 1 fully saturated rings. The number of carbonyl (C=O) groups is 1. The highest BCUT2D eigenvalue weighted by Crippen LogP contribution is 2.22. The average molecular weight is 365 g/mol. The van der Waals surface area contributed by atoms with E-state index in [2.05, 4.69) is 5.32 Å². The fraction of sp³-hybridized carbons (Fsp3) is 0.312. The van der Waals surface area contributed by atoms with Crippen molar-refractivity contribution in [2.75, 3.05) is 31.5 Å². The Morgan fingerprint density at radius 2 is 1.79 bits per heavy atom. The largest absolute Gasteiger partial charge is 0.323 e. The molecule has 0 bridgehead atoms. The second-order valence-corrected chi connectivity index (χ2v) is 8.59. The fourth-order valence-corrected chi connectivity index (χ4v) is 5.21. The molecular formula is C16H19N3O3S2. The molecule has 2 heterocycles. The number of urea groups is 1. The molecule has 0 aliphatic carbocycles. The van der Waals surface area contributed by atoms with Gasteiger partial charge >= 0.3 is 6.03 Å². The summed E-state index contributed by atoms with van der Waals surface area (Å²) >= 11 is 1.22. The van der Waals surface area contributed by atoms with Gasteiger partial charge in [-0.05, 0) is 30.0 Å². The molecule has 0 unspecified atom stereocenters. The van der Waals surface area contributed by atoms with E-state index in [4.69, 9.17) is 0 Å². The van der Waals surface area contributed by atoms with Gasteiger partial charge in [0, 0.05) is 31.9 Å². The van der Waals surface area contributed by atoms with Crippen LogP contribution in [0.5, 0.6) is 0 Å². The van der Waals surface area contributed by atoms with Gasteiger partial charge < -0.3 is 10.2 Å². The number of para-hydroxylation sites is 1. The lowest BCUT2D eigenvalue weighted by Crippen LogP contribution is -2.39. The molecule has 24 heavy (non-hydrogen) atoms. The summed E-state index contributed by atoms with van der Waals surface area (Å²) < 4.78 is 27.0. The molecule has 1 aliphatic rings. The third kappa shape index (κ3) is 3.77. The molecular weight excluding hydrogens is 346 g/mol. The van der Waals surface area contributed by atoms with E-state index in [1.54, 1.807) is 22.4 Å². The zero-order valence-corrected chi connectivity index (χ0v) is 14.7. The molecule has 128 valence electrons. The average Bonchev–Trinajstić information content (AvgIpc) is 3.00. The maximum absolute atomic E-state index is 12.6. The Balaban J connectivity index is 1.64. The molecule has 1 N–H and O–H groups in total. The molecule has 8 heteroatoms. The van der Waals surface area contributed by atoms with Crippen LogP contribution in [0.15, 0.2) is 52.1 Å². The van der Waals surface area contributed by atoms with Crippen molar-refractivity contribution in [1.82, 2.24) is 9.21 Å². The number of thiophene rings is 1. The minimum atomic E-state index is -3.46. The molecule has 2 aromatic rings. The summed E-state index contributed by atoms with van der Waals surface area (Å²) in [5.74, 6) is 0. The molecule has 1 aromatic heterocycles. The first-order chi connectivity index (χ1) is 11.6. The number of anilines is 1. The van der Waals surface area contributed by atoms with E-state index in [-0.39, 0.29) is 6.03 Å². The minimum Gasteiger partial charge on any atom is -0.323 e. The number of sulfonamides is 1. The van der Waals surface area contributed by atoms with E-state index in [0.29, 0.717) is 36.8 Å². The van der Waals surface area contributed by atoms with E-state index in [1.165, 1.54) is 15.6 Å². The lowest BCUT2D eigenvalue weighted by molar-refractivity contribution is 0.214. The van der Waals surface area contributed by atoms with Gasteiger partial charge in [-0.15, -0.1) is 11.3 Å². The molecule has 3 rings (SSSR count). The summed E-state index contributed by atoms with van der Waals surface area (Å²) in [5.41, 5.74) is 0.731. The maximum atomic E-state index is 12.6. The third-order valence-electron chi connectivity index (χ3n) is 3.86. The van der Waals surface area contributed by atoms with Crippen LogP contribution in [-0.2, 0) is 10.0 Å². The molecule has 6 nitrogen and oxygen atoms in total. The summed E-state index contributed by atoms with van der Waals surface area (Å²) in [6, 6.07) is 12.4. The van der Waals surface area contributed by atoms with E-state index >= 15 is 0 Å².